The van der Waals surface area contributed by atoms with Crippen LogP contribution in [0, 0.1) is 23.2 Å². The number of likely N-dealkylation sites (tertiary alicyclic amines) is 1. The summed E-state index contributed by atoms with van der Waals surface area (Å²) in [6.07, 6.45) is 1.47. The van der Waals surface area contributed by atoms with Gasteiger partial charge in [0.05, 0.1) is 6.04 Å². The van der Waals surface area contributed by atoms with Crippen LogP contribution in [0.1, 0.15) is 58.6 Å². The van der Waals surface area contributed by atoms with Gasteiger partial charge in [-0.05, 0) is 30.2 Å². The average molecular weight is 653 g/mol. The number of alkyl halides is 2. The number of esters is 1. The molecule has 0 aromatic heterocycles. The Hall–Kier alpha value is -3.38. The highest BCUT2D eigenvalue weighted by molar-refractivity contribution is 6.51. The molecular weight excluding hydrogens is 613 g/mol. The lowest BCUT2D eigenvalue weighted by Crippen LogP contribution is -2.61. The second kappa shape index (κ2) is 12.9. The predicted octanol–water partition coefficient (Wildman–Crippen LogP) is 1.97. The molecule has 44 heavy (non-hydrogen) atoms. The van der Waals surface area contributed by atoms with Gasteiger partial charge in [0.1, 0.15) is 29.1 Å². The maximum absolute atomic E-state index is 14.0. The lowest BCUT2D eigenvalue weighted by Gasteiger charge is -2.37. The number of ether oxygens (including phenoxy) is 1. The van der Waals surface area contributed by atoms with E-state index in [2.05, 4.69) is 16.0 Å². The highest BCUT2D eigenvalue weighted by Gasteiger charge is 2.74. The van der Waals surface area contributed by atoms with Crippen molar-refractivity contribution in [2.24, 2.45) is 28.9 Å². The number of hydrogen-bond donors (Lipinski definition) is 4. The van der Waals surface area contributed by atoms with Gasteiger partial charge in [-0.25, -0.2) is 4.79 Å². The summed E-state index contributed by atoms with van der Waals surface area (Å²) in [5.74, 6) is -4.83. The normalized spacial score (nSPS) is 23.8. The first-order valence-corrected chi connectivity index (χ1v) is 15.4. The van der Waals surface area contributed by atoms with E-state index in [-0.39, 0.29) is 18.9 Å². The van der Waals surface area contributed by atoms with Gasteiger partial charge in [-0.1, -0.05) is 63.9 Å². The van der Waals surface area contributed by atoms with Crippen LogP contribution in [0.4, 0.5) is 4.79 Å². The molecule has 3 fully saturated rings. The zero-order valence-corrected chi connectivity index (χ0v) is 26.6. The Morgan fingerprint density at radius 1 is 1.07 bits per heavy atom. The molecule has 5 amide bonds. The number of nitrogens with one attached hydrogen (secondary N) is 3. The van der Waals surface area contributed by atoms with Crippen LogP contribution in [0.5, 0.6) is 0 Å². The molecule has 0 bridgehead atoms. The summed E-state index contributed by atoms with van der Waals surface area (Å²) in [4.78, 5) is 78.2. The second-order valence-corrected chi connectivity index (χ2v) is 14.3. The number of urea groups is 1. The number of nitrogens with zero attached hydrogens (tertiary/aromatic N) is 1. The number of carbonyl (C=O) groups is 6. The van der Waals surface area contributed by atoms with Gasteiger partial charge in [0, 0.05) is 18.4 Å². The van der Waals surface area contributed by atoms with E-state index in [4.69, 9.17) is 33.7 Å². The molecule has 4 rings (SSSR count). The molecule has 1 saturated heterocycles. The van der Waals surface area contributed by atoms with Crippen molar-refractivity contribution in [3.8, 4) is 0 Å². The first-order valence-electron chi connectivity index (χ1n) is 14.6. The molecule has 5 N–H and O–H groups in total. The number of fused-ring (bicyclic) bond motifs is 1. The van der Waals surface area contributed by atoms with E-state index in [1.165, 1.54) is 4.90 Å². The number of benzene rings is 1. The average Bonchev–Trinajstić information content (AvgIpc) is 3.80. The van der Waals surface area contributed by atoms with Crippen LogP contribution in [-0.2, 0) is 28.7 Å². The molecule has 0 spiro atoms. The number of rotatable bonds is 12. The number of ketones is 1. The number of hydrogen-bond acceptors (Lipinski definition) is 7. The van der Waals surface area contributed by atoms with Crippen molar-refractivity contribution in [2.45, 2.75) is 75.5 Å². The quantitative estimate of drug-likeness (QED) is 0.152. The number of piperidine rings is 1. The van der Waals surface area contributed by atoms with E-state index in [0.717, 1.165) is 18.4 Å². The summed E-state index contributed by atoms with van der Waals surface area (Å²) in [7, 11) is 0. The molecule has 1 aromatic carbocycles. The number of nitrogens with two attached hydrogens (primary N) is 1. The van der Waals surface area contributed by atoms with E-state index < -0.39 is 87.9 Å². The number of amides is 5. The van der Waals surface area contributed by atoms with Gasteiger partial charge in [0.25, 0.3) is 5.91 Å². The van der Waals surface area contributed by atoms with Crippen molar-refractivity contribution < 1.29 is 33.5 Å². The molecule has 14 heteroatoms. The molecule has 2 saturated carbocycles. The lowest BCUT2D eigenvalue weighted by molar-refractivity contribution is -0.147. The Balaban J connectivity index is 1.42. The number of carbonyl (C=O) groups excluding carboxylic acids is 6. The Morgan fingerprint density at radius 2 is 1.70 bits per heavy atom. The summed E-state index contributed by atoms with van der Waals surface area (Å²) < 4.78 is 4.12. The van der Waals surface area contributed by atoms with Crippen molar-refractivity contribution in [3.05, 3.63) is 35.9 Å². The molecule has 1 heterocycles. The third-order valence-electron chi connectivity index (χ3n) is 8.38. The molecule has 3 aliphatic rings. The van der Waals surface area contributed by atoms with E-state index in [1.807, 2.05) is 30.3 Å². The largest absolute Gasteiger partial charge is 0.456 e. The Bertz CT molecular complexity index is 1310. The zero-order chi connectivity index (χ0) is 32.6. The van der Waals surface area contributed by atoms with Crippen molar-refractivity contribution in [3.63, 3.8) is 0 Å². The molecule has 0 radical (unpaired) electrons. The highest BCUT2D eigenvalue weighted by Crippen LogP contribution is 2.65. The summed E-state index contributed by atoms with van der Waals surface area (Å²) in [5, 5.41) is 7.68. The van der Waals surface area contributed by atoms with Gasteiger partial charge in [-0.3, -0.25) is 24.0 Å². The van der Waals surface area contributed by atoms with Crippen LogP contribution in [-0.4, -0.2) is 76.0 Å². The van der Waals surface area contributed by atoms with E-state index in [0.29, 0.717) is 0 Å². The minimum Gasteiger partial charge on any atom is -0.456 e. The van der Waals surface area contributed by atoms with Gasteiger partial charge in [0.15, 0.2) is 0 Å². The maximum Gasteiger partial charge on any atom is 0.326 e. The van der Waals surface area contributed by atoms with Gasteiger partial charge >= 0.3 is 12.0 Å². The second-order valence-electron chi connectivity index (χ2n) is 12.9. The number of Topliss-reactive ketones (excluding diaryl/α,β-unsaturated/α-hetero) is 1. The summed E-state index contributed by atoms with van der Waals surface area (Å²) >= 11 is 12.9. The van der Waals surface area contributed by atoms with Crippen LogP contribution in [0.2, 0.25) is 0 Å². The van der Waals surface area contributed by atoms with Crippen LogP contribution < -0.4 is 21.7 Å². The van der Waals surface area contributed by atoms with Gasteiger partial charge < -0.3 is 31.3 Å². The fraction of sp³-hybridized carbons (Fsp3) is 0.600. The van der Waals surface area contributed by atoms with Crippen molar-refractivity contribution in [2.75, 3.05) is 13.1 Å². The van der Waals surface area contributed by atoms with E-state index >= 15 is 0 Å². The minimum absolute atomic E-state index is 0.0468. The first-order chi connectivity index (χ1) is 20.5. The van der Waals surface area contributed by atoms with Gasteiger partial charge in [-0.2, -0.15) is 0 Å². The predicted molar refractivity (Wildman–Crippen MR) is 161 cm³/mol. The highest BCUT2D eigenvalue weighted by atomic mass is 35.5. The SMILES string of the molecule is C[C@H](OC(=O)CNC(=O)N[C@H](C(=O)N1C[C@H]2[C@@H]([C@H]1C(=O)NC(CC1CC1)C(=O)C(N)=O)C2(Cl)Cl)C(C)(C)C)c1ccccc1. The molecule has 1 aromatic rings. The first kappa shape index (κ1) is 33.5. The maximum atomic E-state index is 14.0. The summed E-state index contributed by atoms with van der Waals surface area (Å²) in [6, 6.07) is 4.93. The molecule has 12 nitrogen and oxygen atoms in total. The molecule has 6 atom stereocenters. The standard InChI is InChI=1S/C30H39Cl2N5O7/c1-15(17-8-6-5-7-9-17)44-20(38)13-34-28(43)36-24(29(2,3)4)27(42)37-14-18-21(30(18,31)32)22(37)26(41)35-19(12-16-10-11-16)23(39)25(33)40/h5-9,15-16,18-19,21-22,24H,10-14H2,1-4H3,(H2,33,40)(H,35,41)(H2,34,36,43)/t15-,18-,19?,21-,22-,24+/m0/s1. The third kappa shape index (κ3) is 7.63. The van der Waals surface area contributed by atoms with E-state index in [9.17, 15) is 28.8 Å². The molecule has 1 unspecified atom stereocenters. The van der Waals surface area contributed by atoms with Crippen LogP contribution in [0.15, 0.2) is 30.3 Å². The summed E-state index contributed by atoms with van der Waals surface area (Å²) in [5.41, 5.74) is 5.20. The van der Waals surface area contributed by atoms with Crippen molar-refractivity contribution in [1.82, 2.24) is 20.9 Å². The smallest absolute Gasteiger partial charge is 0.326 e. The van der Waals surface area contributed by atoms with Gasteiger partial charge in [-0.15, -0.1) is 23.2 Å². The topological polar surface area (TPSA) is 177 Å². The number of halogens is 2. The van der Waals surface area contributed by atoms with Crippen LogP contribution in [0.25, 0.3) is 0 Å². The summed E-state index contributed by atoms with van der Waals surface area (Å²) in [6.45, 7) is 6.53. The monoisotopic (exact) mass is 651 g/mol. The Morgan fingerprint density at radius 3 is 2.27 bits per heavy atom. The minimum atomic E-state index is -1.25. The van der Waals surface area contributed by atoms with Crippen molar-refractivity contribution in [1.29, 1.82) is 0 Å². The van der Waals surface area contributed by atoms with Gasteiger partial charge in [0.2, 0.25) is 17.6 Å². The fourth-order valence-corrected chi connectivity index (χ4v) is 6.49. The zero-order valence-electron chi connectivity index (χ0n) is 25.1. The fourth-order valence-electron chi connectivity index (χ4n) is 5.66. The third-order valence-corrected chi connectivity index (χ3v) is 9.45. The van der Waals surface area contributed by atoms with Crippen LogP contribution >= 0.6 is 23.2 Å². The molecule has 240 valence electrons. The van der Waals surface area contributed by atoms with Crippen molar-refractivity contribution >= 4 is 58.7 Å². The number of primary amides is 1. The Kier molecular flexibility index (Phi) is 9.84. The molecule has 2 aliphatic carbocycles. The Labute approximate surface area is 266 Å². The van der Waals surface area contributed by atoms with Crippen LogP contribution in [0.3, 0.4) is 0 Å². The lowest BCUT2D eigenvalue weighted by atomic mass is 9.85. The molecule has 1 aliphatic heterocycles. The molecular formula is C30H39Cl2N5O7. The van der Waals surface area contributed by atoms with E-state index in [1.54, 1.807) is 27.7 Å².